The van der Waals surface area contributed by atoms with Crippen molar-refractivity contribution >= 4 is 23.4 Å². The molecule has 2 aromatic rings. The van der Waals surface area contributed by atoms with E-state index in [1.165, 1.54) is 6.42 Å². The van der Waals surface area contributed by atoms with Gasteiger partial charge in [0.1, 0.15) is 11.5 Å². The first kappa shape index (κ1) is 23.3. The van der Waals surface area contributed by atoms with Gasteiger partial charge in [-0.1, -0.05) is 6.07 Å². The van der Waals surface area contributed by atoms with Crippen molar-refractivity contribution in [3.05, 3.63) is 53.7 Å². The van der Waals surface area contributed by atoms with Crippen LogP contribution in [0.4, 0.5) is 11.5 Å². The average Bonchev–Trinajstić information content (AvgIpc) is 2.85. The molecule has 4 atom stereocenters. The molecule has 4 bridgehead atoms. The number of carboxylic acids is 1. The number of rotatable bonds is 5. The molecule has 1 aliphatic heterocycles. The minimum Gasteiger partial charge on any atom is -0.478 e. The van der Waals surface area contributed by atoms with E-state index in [1.54, 1.807) is 18.2 Å². The Hall–Kier alpha value is -3.13. The summed E-state index contributed by atoms with van der Waals surface area (Å²) in [4.78, 5) is 33.6. The quantitative estimate of drug-likeness (QED) is 0.591. The number of hydrogen-bond donors (Lipinski definition) is 3. The number of carbonyl (C=O) groups excluding carboxylic acids is 1. The second kappa shape index (κ2) is 8.76. The van der Waals surface area contributed by atoms with E-state index in [9.17, 15) is 14.7 Å². The highest BCUT2D eigenvalue weighted by molar-refractivity contribution is 5.93. The molecule has 4 saturated carbocycles. The summed E-state index contributed by atoms with van der Waals surface area (Å²) >= 11 is 0. The Morgan fingerprint density at radius 2 is 1.75 bits per heavy atom. The number of pyridine rings is 1. The normalized spacial score (nSPS) is 33.0. The fourth-order valence-corrected chi connectivity index (χ4v) is 7.52. The summed E-state index contributed by atoms with van der Waals surface area (Å²) in [7, 11) is 0. The first-order chi connectivity index (χ1) is 17.3. The van der Waals surface area contributed by atoms with Crippen LogP contribution in [-0.2, 0) is 0 Å². The van der Waals surface area contributed by atoms with E-state index in [0.717, 1.165) is 56.8 Å². The number of carbonyl (C=O) groups is 2. The largest absolute Gasteiger partial charge is 0.478 e. The number of hydrogen-bond acceptors (Lipinski definition) is 6. The lowest BCUT2D eigenvalue weighted by atomic mass is 9.52. The second-order valence-corrected chi connectivity index (χ2v) is 11.4. The van der Waals surface area contributed by atoms with Gasteiger partial charge in [0.25, 0.3) is 5.91 Å². The molecule has 3 N–H and O–H groups in total. The van der Waals surface area contributed by atoms with Gasteiger partial charge in [0.15, 0.2) is 0 Å². The zero-order chi connectivity index (χ0) is 25.0. The summed E-state index contributed by atoms with van der Waals surface area (Å²) in [5.41, 5.74) is 0.908. The zero-order valence-electron chi connectivity index (χ0n) is 20.6. The van der Waals surface area contributed by atoms with Crippen molar-refractivity contribution in [3.63, 3.8) is 0 Å². The van der Waals surface area contributed by atoms with Crippen LogP contribution in [0.2, 0.25) is 0 Å². The Balaban J connectivity index is 1.13. The van der Waals surface area contributed by atoms with Crippen molar-refractivity contribution in [1.29, 1.82) is 0 Å². The lowest BCUT2D eigenvalue weighted by Crippen LogP contribution is -2.66. The molecule has 1 amide bonds. The summed E-state index contributed by atoms with van der Waals surface area (Å²) in [6.07, 6.45) is 5.07. The SMILES string of the molecule is C[C@@H]1CN(c2ccc(C(=O)O)cc2)CCN1c1cccc(C(=O)N[C@@H]2C3C[C@H]4C[C@H](C3)CC2(O)C4)n1. The molecule has 0 spiro atoms. The number of benzene rings is 1. The summed E-state index contributed by atoms with van der Waals surface area (Å²) < 4.78 is 0. The van der Waals surface area contributed by atoms with E-state index in [0.29, 0.717) is 23.4 Å². The third kappa shape index (κ3) is 4.11. The summed E-state index contributed by atoms with van der Waals surface area (Å²) in [5.74, 6) is 1.24. The van der Waals surface area contributed by atoms with Gasteiger partial charge in [0.2, 0.25) is 0 Å². The molecule has 1 aromatic carbocycles. The number of aromatic nitrogens is 1. The minimum absolute atomic E-state index is 0.161. The maximum atomic E-state index is 13.3. The van der Waals surface area contributed by atoms with Crippen molar-refractivity contribution in [2.45, 2.75) is 56.7 Å². The van der Waals surface area contributed by atoms with Crippen LogP contribution in [0, 0.1) is 17.8 Å². The number of amides is 1. The monoisotopic (exact) mass is 490 g/mol. The molecule has 5 fully saturated rings. The van der Waals surface area contributed by atoms with E-state index in [4.69, 9.17) is 10.1 Å². The van der Waals surface area contributed by atoms with Crippen molar-refractivity contribution in [1.82, 2.24) is 10.3 Å². The van der Waals surface area contributed by atoms with Gasteiger partial charge in [0, 0.05) is 31.4 Å². The predicted octanol–water partition coefficient (Wildman–Crippen LogP) is 3.16. The molecule has 8 heteroatoms. The van der Waals surface area contributed by atoms with Crippen molar-refractivity contribution in [2.75, 3.05) is 29.4 Å². The zero-order valence-corrected chi connectivity index (χ0v) is 20.6. The van der Waals surface area contributed by atoms with Crippen LogP contribution in [0.15, 0.2) is 42.5 Å². The van der Waals surface area contributed by atoms with Crippen LogP contribution in [0.1, 0.15) is 59.9 Å². The molecular weight excluding hydrogens is 456 g/mol. The topological polar surface area (TPSA) is 106 Å². The molecule has 0 radical (unpaired) electrons. The number of aromatic carboxylic acids is 1. The van der Waals surface area contributed by atoms with E-state index < -0.39 is 11.6 Å². The molecule has 1 aromatic heterocycles. The van der Waals surface area contributed by atoms with E-state index in [2.05, 4.69) is 22.0 Å². The third-order valence-corrected chi connectivity index (χ3v) is 8.93. The number of anilines is 2. The maximum Gasteiger partial charge on any atom is 0.335 e. The molecule has 190 valence electrons. The van der Waals surface area contributed by atoms with Crippen molar-refractivity contribution in [2.24, 2.45) is 17.8 Å². The van der Waals surface area contributed by atoms with Gasteiger partial charge in [-0.2, -0.15) is 0 Å². The number of piperazine rings is 1. The standard InChI is InChI=1S/C28H34N4O4/c1-17-16-31(22-7-5-20(6-8-22)27(34)35)9-10-32(17)24-4-2-3-23(29-24)26(33)30-25-21-12-18-11-19(13-21)15-28(25,36)14-18/h2-8,17-19,21,25,36H,9-16H2,1H3,(H,30,33)(H,34,35)/t17-,18-,19-,21?,25-,28?/m1/s1. The smallest absolute Gasteiger partial charge is 0.335 e. The Morgan fingerprint density at radius 3 is 2.39 bits per heavy atom. The number of aliphatic hydroxyl groups is 1. The Kier molecular flexibility index (Phi) is 5.67. The van der Waals surface area contributed by atoms with Crippen LogP contribution in [0.25, 0.3) is 0 Å². The third-order valence-electron chi connectivity index (χ3n) is 8.93. The van der Waals surface area contributed by atoms with Crippen molar-refractivity contribution < 1.29 is 19.8 Å². The number of carboxylic acid groups (broad SMARTS) is 1. The molecule has 1 saturated heterocycles. The summed E-state index contributed by atoms with van der Waals surface area (Å²) in [5, 5.41) is 23.7. The van der Waals surface area contributed by atoms with Gasteiger partial charge < -0.3 is 25.3 Å². The number of nitrogens with one attached hydrogen (secondary N) is 1. The van der Waals surface area contributed by atoms with Crippen LogP contribution in [0.5, 0.6) is 0 Å². The van der Waals surface area contributed by atoms with Crippen LogP contribution >= 0.6 is 0 Å². The van der Waals surface area contributed by atoms with Gasteiger partial charge >= 0.3 is 5.97 Å². The fourth-order valence-electron chi connectivity index (χ4n) is 7.52. The Bertz CT molecular complexity index is 1150. The fraction of sp³-hybridized carbons (Fsp3) is 0.536. The maximum absolute atomic E-state index is 13.3. The van der Waals surface area contributed by atoms with Gasteiger partial charge in [-0.3, -0.25) is 4.79 Å². The molecule has 5 aliphatic rings. The first-order valence-electron chi connectivity index (χ1n) is 13.1. The lowest BCUT2D eigenvalue weighted by molar-refractivity contribution is -0.146. The minimum atomic E-state index is -0.924. The highest BCUT2D eigenvalue weighted by Crippen LogP contribution is 2.55. The Morgan fingerprint density at radius 1 is 1.03 bits per heavy atom. The number of nitrogens with zero attached hydrogens (tertiary/aromatic N) is 3. The van der Waals surface area contributed by atoms with E-state index in [1.807, 2.05) is 24.3 Å². The summed E-state index contributed by atoms with van der Waals surface area (Å²) in [6.45, 7) is 4.42. The predicted molar refractivity (Wildman–Crippen MR) is 136 cm³/mol. The highest BCUT2D eigenvalue weighted by Gasteiger charge is 2.56. The van der Waals surface area contributed by atoms with E-state index >= 15 is 0 Å². The van der Waals surface area contributed by atoms with Gasteiger partial charge in [-0.05, 0) is 93.2 Å². The molecule has 36 heavy (non-hydrogen) atoms. The van der Waals surface area contributed by atoms with Gasteiger partial charge in [-0.25, -0.2) is 9.78 Å². The molecule has 0 unspecified atom stereocenters. The Labute approximate surface area is 211 Å². The lowest BCUT2D eigenvalue weighted by Gasteiger charge is -2.58. The second-order valence-electron chi connectivity index (χ2n) is 11.4. The molecular formula is C28H34N4O4. The van der Waals surface area contributed by atoms with Crippen LogP contribution in [0.3, 0.4) is 0 Å². The first-order valence-corrected chi connectivity index (χ1v) is 13.1. The molecule has 4 aliphatic carbocycles. The highest BCUT2D eigenvalue weighted by atomic mass is 16.4. The average molecular weight is 491 g/mol. The van der Waals surface area contributed by atoms with E-state index in [-0.39, 0.29) is 23.6 Å². The van der Waals surface area contributed by atoms with Crippen LogP contribution < -0.4 is 15.1 Å². The molecule has 7 rings (SSSR count). The summed E-state index contributed by atoms with van der Waals surface area (Å²) in [6, 6.07) is 12.5. The van der Waals surface area contributed by atoms with Crippen molar-refractivity contribution in [3.8, 4) is 0 Å². The molecule has 2 heterocycles. The molecule has 8 nitrogen and oxygen atoms in total. The van der Waals surface area contributed by atoms with Gasteiger partial charge in [-0.15, -0.1) is 0 Å². The van der Waals surface area contributed by atoms with Crippen LogP contribution in [-0.4, -0.2) is 64.4 Å². The van der Waals surface area contributed by atoms with Gasteiger partial charge in [0.05, 0.1) is 17.2 Å².